The van der Waals surface area contributed by atoms with Crippen LogP contribution in [-0.4, -0.2) is 37.6 Å². The number of carbonyl (C=O) groups excluding carboxylic acids is 1. The second kappa shape index (κ2) is 12.5. The molecule has 0 spiro atoms. The zero-order chi connectivity index (χ0) is 23.6. The minimum atomic E-state index is -3.11. The third kappa shape index (κ3) is 6.23. The predicted octanol–water partition coefficient (Wildman–Crippen LogP) is 5.50. The number of nitrogens with zero attached hydrogens (tertiary/aromatic N) is 2. The maximum Gasteiger partial charge on any atom is 0.413 e. The fraction of sp³-hybridized carbons (Fsp3) is 0.440. The number of hydrogen-bond acceptors (Lipinski definition) is 4. The number of ether oxygens (including phenoxy) is 2. The molecule has 1 unspecified atom stereocenters. The van der Waals surface area contributed by atoms with Crippen LogP contribution < -0.4 is 0 Å². The summed E-state index contributed by atoms with van der Waals surface area (Å²) in [5, 5.41) is 0.00772. The molecule has 2 aromatic carbocycles. The molecule has 0 bridgehead atoms. The standard InChI is InChI=1S/C25H34N2O4Si/c1-6-30-25(28)24(27-26)32(19(2)3,20(4)5)31-23(22-15-11-8-12-16-22)18-29-17-21-13-9-7-10-14-21/h7-16,19-20,23H,6,17-18H2,1-5H3. The molecule has 0 saturated carbocycles. The second-order valence-corrected chi connectivity index (χ2v) is 12.9. The van der Waals surface area contributed by atoms with E-state index in [-0.39, 0.29) is 23.0 Å². The van der Waals surface area contributed by atoms with Gasteiger partial charge in [0.25, 0.3) is 0 Å². The van der Waals surface area contributed by atoms with Gasteiger partial charge in [-0.15, -0.1) is 0 Å². The summed E-state index contributed by atoms with van der Waals surface area (Å²) in [6, 6.07) is 19.7. The molecule has 0 aliphatic heterocycles. The normalized spacial score (nSPS) is 12.5. The van der Waals surface area contributed by atoms with Gasteiger partial charge in [-0.1, -0.05) is 88.4 Å². The van der Waals surface area contributed by atoms with Crippen molar-refractivity contribution in [1.29, 1.82) is 0 Å². The second-order valence-electron chi connectivity index (χ2n) is 8.29. The molecule has 2 aromatic rings. The summed E-state index contributed by atoms with van der Waals surface area (Å²) in [4.78, 5) is 16.2. The van der Waals surface area contributed by atoms with Crippen LogP contribution in [0.1, 0.15) is 51.8 Å². The molecule has 0 amide bonds. The molecule has 0 fully saturated rings. The van der Waals surface area contributed by atoms with Crippen LogP contribution in [0, 0.1) is 0 Å². The van der Waals surface area contributed by atoms with Crippen LogP contribution in [0.5, 0.6) is 0 Å². The van der Waals surface area contributed by atoms with E-state index in [1.165, 1.54) is 0 Å². The fourth-order valence-electron chi connectivity index (χ4n) is 3.98. The van der Waals surface area contributed by atoms with Crippen molar-refractivity contribution in [3.63, 3.8) is 0 Å². The highest BCUT2D eigenvalue weighted by Crippen LogP contribution is 2.39. The fourth-order valence-corrected chi connectivity index (χ4v) is 8.28. The summed E-state index contributed by atoms with van der Waals surface area (Å²) in [6.45, 7) is 10.7. The molecule has 0 heterocycles. The van der Waals surface area contributed by atoms with Gasteiger partial charge in [-0.2, -0.15) is 4.79 Å². The molecule has 1 atom stereocenters. The van der Waals surface area contributed by atoms with Gasteiger partial charge in [0.05, 0.1) is 25.9 Å². The van der Waals surface area contributed by atoms with Crippen LogP contribution in [0.25, 0.3) is 5.53 Å². The number of hydrogen-bond donors (Lipinski definition) is 0. The van der Waals surface area contributed by atoms with E-state index in [4.69, 9.17) is 13.9 Å². The summed E-state index contributed by atoms with van der Waals surface area (Å²) in [5.74, 6) is -0.624. The van der Waals surface area contributed by atoms with Gasteiger partial charge in [0, 0.05) is 0 Å². The topological polar surface area (TPSA) is 81.2 Å². The Kier molecular flexibility index (Phi) is 10.0. The molecule has 0 aromatic heterocycles. The molecule has 6 nitrogen and oxygen atoms in total. The van der Waals surface area contributed by atoms with Crippen LogP contribution in [0.4, 0.5) is 0 Å². The third-order valence-electron chi connectivity index (χ3n) is 5.54. The highest BCUT2D eigenvalue weighted by atomic mass is 28.4. The summed E-state index contributed by atoms with van der Waals surface area (Å²) >= 11 is 0. The Hall–Kier alpha value is -2.57. The van der Waals surface area contributed by atoms with E-state index in [0.717, 1.165) is 11.1 Å². The lowest BCUT2D eigenvalue weighted by Gasteiger charge is -2.36. The Balaban J connectivity index is 2.40. The van der Waals surface area contributed by atoms with Crippen molar-refractivity contribution in [2.75, 3.05) is 13.2 Å². The molecule has 0 N–H and O–H groups in total. The summed E-state index contributed by atoms with van der Waals surface area (Å²) in [5.41, 5.74) is 11.8. The number of rotatable bonds is 12. The van der Waals surface area contributed by atoms with Crippen LogP contribution >= 0.6 is 0 Å². The molecule has 32 heavy (non-hydrogen) atoms. The van der Waals surface area contributed by atoms with Gasteiger partial charge in [0.15, 0.2) is 0 Å². The van der Waals surface area contributed by atoms with Crippen molar-refractivity contribution in [2.24, 2.45) is 0 Å². The largest absolute Gasteiger partial charge is 0.458 e. The smallest absolute Gasteiger partial charge is 0.413 e. The zero-order valence-corrected chi connectivity index (χ0v) is 20.7. The lowest BCUT2D eigenvalue weighted by molar-refractivity contribution is -0.139. The van der Waals surface area contributed by atoms with E-state index in [9.17, 15) is 10.3 Å². The van der Waals surface area contributed by atoms with E-state index < -0.39 is 20.4 Å². The van der Waals surface area contributed by atoms with Gasteiger partial charge in [-0.05, 0) is 29.1 Å². The lowest BCUT2D eigenvalue weighted by atomic mass is 10.1. The van der Waals surface area contributed by atoms with Crippen molar-refractivity contribution in [2.45, 2.75) is 58.4 Å². The molecule has 172 valence electrons. The van der Waals surface area contributed by atoms with Gasteiger partial charge < -0.3 is 19.4 Å². The Morgan fingerprint density at radius 1 is 0.969 bits per heavy atom. The average Bonchev–Trinajstić information content (AvgIpc) is 2.79. The molecule has 0 aliphatic carbocycles. The quantitative estimate of drug-likeness (QED) is 0.139. The first-order valence-corrected chi connectivity index (χ1v) is 13.2. The van der Waals surface area contributed by atoms with Crippen LogP contribution in [0.3, 0.4) is 0 Å². The van der Waals surface area contributed by atoms with Crippen molar-refractivity contribution in [3.05, 3.63) is 77.3 Å². The predicted molar refractivity (Wildman–Crippen MR) is 128 cm³/mol. The lowest BCUT2D eigenvalue weighted by Crippen LogP contribution is -2.57. The SMILES string of the molecule is CCOC(=O)C(=[N+]=[N-])[Si](OC(COCc1ccccc1)c1ccccc1)(C(C)C)C(C)C. The summed E-state index contributed by atoms with van der Waals surface area (Å²) in [7, 11) is -3.11. The first-order chi connectivity index (χ1) is 15.4. The van der Waals surface area contributed by atoms with Crippen LogP contribution in [0.15, 0.2) is 60.7 Å². The first kappa shape index (κ1) is 25.7. The van der Waals surface area contributed by atoms with Crippen molar-refractivity contribution in [3.8, 4) is 0 Å². The number of benzene rings is 2. The van der Waals surface area contributed by atoms with E-state index in [0.29, 0.717) is 13.2 Å². The molecular formula is C25H34N2O4Si. The molecule has 2 rings (SSSR count). The molecule has 0 radical (unpaired) electrons. The van der Waals surface area contributed by atoms with Gasteiger partial charge in [0.2, 0.25) is 0 Å². The van der Waals surface area contributed by atoms with Gasteiger partial charge in [-0.25, -0.2) is 4.79 Å². The van der Waals surface area contributed by atoms with E-state index >= 15 is 0 Å². The minimum absolute atomic E-state index is 0.00772. The van der Waals surface area contributed by atoms with Crippen LogP contribution in [-0.2, 0) is 25.3 Å². The van der Waals surface area contributed by atoms with Crippen molar-refractivity contribution < 1.29 is 23.5 Å². The number of esters is 1. The summed E-state index contributed by atoms with van der Waals surface area (Å²) in [6.07, 6.45) is -0.428. The maximum atomic E-state index is 12.8. The highest BCUT2D eigenvalue weighted by molar-refractivity contribution is 7.11. The van der Waals surface area contributed by atoms with E-state index in [2.05, 4.69) is 4.79 Å². The Morgan fingerprint density at radius 2 is 1.53 bits per heavy atom. The highest BCUT2D eigenvalue weighted by Gasteiger charge is 2.59. The molecule has 0 aliphatic rings. The van der Waals surface area contributed by atoms with Gasteiger partial charge in [-0.3, -0.25) is 0 Å². The molecule has 7 heteroatoms. The Labute approximate surface area is 192 Å². The minimum Gasteiger partial charge on any atom is -0.458 e. The maximum absolute atomic E-state index is 12.8. The monoisotopic (exact) mass is 454 g/mol. The Morgan fingerprint density at radius 3 is 2.03 bits per heavy atom. The first-order valence-electron chi connectivity index (χ1n) is 11.1. The van der Waals surface area contributed by atoms with E-state index in [1.54, 1.807) is 6.92 Å². The summed E-state index contributed by atoms with van der Waals surface area (Å²) < 4.78 is 18.1. The molecule has 0 saturated heterocycles. The average molecular weight is 455 g/mol. The Bertz CT molecular complexity index is 889. The van der Waals surface area contributed by atoms with Crippen molar-refractivity contribution >= 4 is 19.6 Å². The zero-order valence-electron chi connectivity index (χ0n) is 19.7. The third-order valence-corrected chi connectivity index (χ3v) is 10.7. The van der Waals surface area contributed by atoms with E-state index in [1.807, 2.05) is 88.4 Å². The van der Waals surface area contributed by atoms with Gasteiger partial charge >= 0.3 is 19.6 Å². The van der Waals surface area contributed by atoms with Crippen molar-refractivity contribution in [1.82, 2.24) is 0 Å². The van der Waals surface area contributed by atoms with Gasteiger partial charge in [0.1, 0.15) is 0 Å². The molecular weight excluding hydrogens is 420 g/mol. The van der Waals surface area contributed by atoms with Crippen LogP contribution in [0.2, 0.25) is 11.1 Å². The number of carbonyl (C=O) groups is 1.